The Morgan fingerprint density at radius 2 is 2.00 bits per heavy atom. The van der Waals surface area contributed by atoms with Crippen LogP contribution in [0.3, 0.4) is 0 Å². The SMILES string of the molecule is O=C(Cc1ccc(S)cc1)N(Cc1cccs1)C1CC1. The predicted molar refractivity (Wildman–Crippen MR) is 85.3 cm³/mol. The van der Waals surface area contributed by atoms with Gasteiger partial charge in [0.1, 0.15) is 0 Å². The van der Waals surface area contributed by atoms with Crippen LogP contribution >= 0.6 is 24.0 Å². The molecule has 0 unspecified atom stereocenters. The van der Waals surface area contributed by atoms with E-state index in [2.05, 4.69) is 24.1 Å². The monoisotopic (exact) mass is 303 g/mol. The zero-order valence-corrected chi connectivity index (χ0v) is 12.9. The maximum absolute atomic E-state index is 12.5. The molecule has 0 N–H and O–H groups in total. The number of carbonyl (C=O) groups is 1. The number of rotatable bonds is 5. The number of hydrogen-bond donors (Lipinski definition) is 1. The van der Waals surface area contributed by atoms with Gasteiger partial charge in [0.2, 0.25) is 5.91 Å². The second-order valence-corrected chi connectivity index (χ2v) is 6.72. The summed E-state index contributed by atoms with van der Waals surface area (Å²) in [5.41, 5.74) is 1.06. The average molecular weight is 303 g/mol. The Kier molecular flexibility index (Phi) is 4.13. The van der Waals surface area contributed by atoms with Gasteiger partial charge < -0.3 is 4.90 Å². The number of carbonyl (C=O) groups excluding carboxylic acids is 1. The van der Waals surface area contributed by atoms with Crippen molar-refractivity contribution in [3.8, 4) is 0 Å². The number of amides is 1. The van der Waals surface area contributed by atoms with Crippen molar-refractivity contribution in [3.63, 3.8) is 0 Å². The Morgan fingerprint density at radius 1 is 1.25 bits per heavy atom. The Labute approximate surface area is 128 Å². The summed E-state index contributed by atoms with van der Waals surface area (Å²) in [4.78, 5) is 16.7. The van der Waals surface area contributed by atoms with Gasteiger partial charge in [0.15, 0.2) is 0 Å². The second kappa shape index (κ2) is 6.02. The van der Waals surface area contributed by atoms with E-state index in [-0.39, 0.29) is 5.91 Å². The lowest BCUT2D eigenvalue weighted by molar-refractivity contribution is -0.131. The van der Waals surface area contributed by atoms with E-state index in [1.807, 2.05) is 35.2 Å². The van der Waals surface area contributed by atoms with Crippen LogP contribution in [0.25, 0.3) is 0 Å². The summed E-state index contributed by atoms with van der Waals surface area (Å²) in [6.45, 7) is 0.756. The molecule has 0 spiro atoms. The molecule has 1 aliphatic carbocycles. The summed E-state index contributed by atoms with van der Waals surface area (Å²) in [5.74, 6) is 0.229. The van der Waals surface area contributed by atoms with Crippen LogP contribution in [-0.2, 0) is 17.8 Å². The van der Waals surface area contributed by atoms with Gasteiger partial charge in [0, 0.05) is 15.8 Å². The highest BCUT2D eigenvalue weighted by atomic mass is 32.1. The van der Waals surface area contributed by atoms with Gasteiger partial charge in [-0.1, -0.05) is 18.2 Å². The molecule has 3 rings (SSSR count). The standard InChI is InChI=1S/C16H17NOS2/c18-16(10-12-3-7-14(19)8-4-12)17(13-5-6-13)11-15-2-1-9-20-15/h1-4,7-9,13,19H,5-6,10-11H2. The topological polar surface area (TPSA) is 20.3 Å². The molecule has 0 radical (unpaired) electrons. The summed E-state index contributed by atoms with van der Waals surface area (Å²) in [6.07, 6.45) is 2.77. The molecule has 1 fully saturated rings. The number of benzene rings is 1. The molecule has 1 heterocycles. The molecule has 1 aromatic carbocycles. The van der Waals surface area contributed by atoms with E-state index >= 15 is 0 Å². The first-order valence-electron chi connectivity index (χ1n) is 6.82. The highest BCUT2D eigenvalue weighted by molar-refractivity contribution is 7.80. The Morgan fingerprint density at radius 3 is 2.60 bits per heavy atom. The molecular weight excluding hydrogens is 286 g/mol. The van der Waals surface area contributed by atoms with E-state index in [9.17, 15) is 4.79 Å². The third kappa shape index (κ3) is 3.44. The largest absolute Gasteiger partial charge is 0.334 e. The van der Waals surface area contributed by atoms with E-state index in [1.54, 1.807) is 11.3 Å². The van der Waals surface area contributed by atoms with Gasteiger partial charge in [-0.25, -0.2) is 0 Å². The molecule has 104 valence electrons. The third-order valence-electron chi connectivity index (χ3n) is 3.51. The zero-order valence-electron chi connectivity index (χ0n) is 11.2. The van der Waals surface area contributed by atoms with Gasteiger partial charge in [-0.05, 0) is 42.0 Å². The lowest BCUT2D eigenvalue weighted by Crippen LogP contribution is -2.33. The van der Waals surface area contributed by atoms with Crippen molar-refractivity contribution in [3.05, 3.63) is 52.2 Å². The van der Waals surface area contributed by atoms with Crippen molar-refractivity contribution in [1.82, 2.24) is 4.90 Å². The van der Waals surface area contributed by atoms with Gasteiger partial charge in [0.05, 0.1) is 13.0 Å². The van der Waals surface area contributed by atoms with Crippen LogP contribution in [0.4, 0.5) is 0 Å². The van der Waals surface area contributed by atoms with E-state index in [0.29, 0.717) is 12.5 Å². The maximum atomic E-state index is 12.5. The first-order chi connectivity index (χ1) is 9.72. The van der Waals surface area contributed by atoms with Crippen LogP contribution in [0.15, 0.2) is 46.7 Å². The molecule has 0 saturated heterocycles. The normalized spacial score (nSPS) is 14.2. The molecule has 4 heteroatoms. The van der Waals surface area contributed by atoms with Crippen molar-refractivity contribution in [1.29, 1.82) is 0 Å². The first kappa shape index (κ1) is 13.7. The van der Waals surface area contributed by atoms with Crippen molar-refractivity contribution < 1.29 is 4.79 Å². The van der Waals surface area contributed by atoms with Crippen molar-refractivity contribution in [2.75, 3.05) is 0 Å². The average Bonchev–Trinajstić information content (AvgIpc) is 3.15. The molecule has 20 heavy (non-hydrogen) atoms. The minimum absolute atomic E-state index is 0.229. The van der Waals surface area contributed by atoms with Crippen LogP contribution in [0, 0.1) is 0 Å². The summed E-state index contributed by atoms with van der Waals surface area (Å²) in [7, 11) is 0. The van der Waals surface area contributed by atoms with Crippen LogP contribution in [0.2, 0.25) is 0 Å². The Bertz CT molecular complexity index is 573. The zero-order chi connectivity index (χ0) is 13.9. The fourth-order valence-electron chi connectivity index (χ4n) is 2.27. The van der Waals surface area contributed by atoms with Crippen LogP contribution in [0.1, 0.15) is 23.3 Å². The first-order valence-corrected chi connectivity index (χ1v) is 8.15. The quantitative estimate of drug-likeness (QED) is 0.834. The maximum Gasteiger partial charge on any atom is 0.227 e. The molecule has 1 amide bonds. The summed E-state index contributed by atoms with van der Waals surface area (Å²) >= 11 is 5.99. The predicted octanol–water partition coefficient (Wildman–Crippen LogP) is 3.77. The van der Waals surface area contributed by atoms with Crippen LogP contribution in [0.5, 0.6) is 0 Å². The smallest absolute Gasteiger partial charge is 0.227 e. The highest BCUT2D eigenvalue weighted by Crippen LogP contribution is 2.29. The molecule has 1 aliphatic rings. The lowest BCUT2D eigenvalue weighted by Gasteiger charge is -2.22. The summed E-state index contributed by atoms with van der Waals surface area (Å²) < 4.78 is 0. The minimum Gasteiger partial charge on any atom is -0.334 e. The molecule has 0 aliphatic heterocycles. The van der Waals surface area contributed by atoms with Gasteiger partial charge in [-0.2, -0.15) is 0 Å². The molecule has 1 aromatic heterocycles. The van der Waals surface area contributed by atoms with Crippen LogP contribution < -0.4 is 0 Å². The Hall–Kier alpha value is -1.26. The van der Waals surface area contributed by atoms with E-state index < -0.39 is 0 Å². The molecule has 0 atom stereocenters. The van der Waals surface area contributed by atoms with Crippen molar-refractivity contribution >= 4 is 29.9 Å². The van der Waals surface area contributed by atoms with Gasteiger partial charge in [-0.15, -0.1) is 24.0 Å². The van der Waals surface area contributed by atoms with Crippen molar-refractivity contribution in [2.24, 2.45) is 0 Å². The summed E-state index contributed by atoms with van der Waals surface area (Å²) in [5, 5.41) is 2.07. The highest BCUT2D eigenvalue weighted by Gasteiger charge is 2.32. The van der Waals surface area contributed by atoms with Crippen molar-refractivity contribution in [2.45, 2.75) is 36.7 Å². The minimum atomic E-state index is 0.229. The molecule has 2 nitrogen and oxygen atoms in total. The van der Waals surface area contributed by atoms with Gasteiger partial charge in [-0.3, -0.25) is 4.79 Å². The molecular formula is C16H17NOS2. The number of nitrogens with zero attached hydrogens (tertiary/aromatic N) is 1. The molecule has 0 bridgehead atoms. The van der Waals surface area contributed by atoms with Gasteiger partial charge in [0.25, 0.3) is 0 Å². The number of hydrogen-bond acceptors (Lipinski definition) is 3. The van der Waals surface area contributed by atoms with E-state index in [0.717, 1.165) is 29.8 Å². The second-order valence-electron chi connectivity index (χ2n) is 5.18. The number of thiophene rings is 1. The number of thiol groups is 1. The fraction of sp³-hybridized carbons (Fsp3) is 0.312. The lowest BCUT2D eigenvalue weighted by atomic mass is 10.1. The van der Waals surface area contributed by atoms with E-state index in [4.69, 9.17) is 0 Å². The third-order valence-corrected chi connectivity index (χ3v) is 4.67. The summed E-state index contributed by atoms with van der Waals surface area (Å²) in [6, 6.07) is 12.4. The van der Waals surface area contributed by atoms with E-state index in [1.165, 1.54) is 4.88 Å². The molecule has 2 aromatic rings. The van der Waals surface area contributed by atoms with Gasteiger partial charge >= 0.3 is 0 Å². The fourth-order valence-corrected chi connectivity index (χ4v) is 3.12. The Balaban J connectivity index is 1.67. The molecule has 1 saturated carbocycles. The van der Waals surface area contributed by atoms with Crippen LogP contribution in [-0.4, -0.2) is 16.8 Å².